The fourth-order valence-electron chi connectivity index (χ4n) is 1.83. The van der Waals surface area contributed by atoms with Gasteiger partial charge in [0.15, 0.2) is 0 Å². The number of nitrogens with zero attached hydrogens (tertiary/aromatic N) is 1. The van der Waals surface area contributed by atoms with E-state index in [0.717, 1.165) is 11.4 Å². The summed E-state index contributed by atoms with van der Waals surface area (Å²) in [6, 6.07) is 12.3. The molecule has 0 aliphatic heterocycles. The Bertz CT molecular complexity index is 463. The van der Waals surface area contributed by atoms with Crippen LogP contribution in [0, 0.1) is 0 Å². The molecule has 90 valence electrons. The molecule has 0 fully saturated rings. The van der Waals surface area contributed by atoms with Gasteiger partial charge < -0.3 is 14.6 Å². The molecule has 1 unspecified atom stereocenters. The molecule has 3 nitrogen and oxygen atoms in total. The minimum atomic E-state index is 0.158. The van der Waals surface area contributed by atoms with Crippen LogP contribution in [0.5, 0.6) is 0 Å². The van der Waals surface area contributed by atoms with E-state index in [0.29, 0.717) is 0 Å². The first-order valence-corrected chi connectivity index (χ1v) is 5.75. The monoisotopic (exact) mass is 230 g/mol. The predicted molar refractivity (Wildman–Crippen MR) is 71.5 cm³/mol. The molecule has 1 aromatic carbocycles. The van der Waals surface area contributed by atoms with Gasteiger partial charge in [-0.1, -0.05) is 12.1 Å². The molecule has 0 bridgehead atoms. The quantitative estimate of drug-likeness (QED) is 0.871. The number of furan rings is 1. The lowest BCUT2D eigenvalue weighted by molar-refractivity contribution is 0.490. The minimum absolute atomic E-state index is 0.158. The van der Waals surface area contributed by atoms with Crippen molar-refractivity contribution in [1.29, 1.82) is 0 Å². The Morgan fingerprint density at radius 2 is 1.88 bits per heavy atom. The van der Waals surface area contributed by atoms with Crippen molar-refractivity contribution in [2.45, 2.75) is 13.0 Å². The van der Waals surface area contributed by atoms with E-state index in [1.165, 1.54) is 5.69 Å². The number of rotatable bonds is 4. The third-order valence-electron chi connectivity index (χ3n) is 2.73. The molecule has 0 aliphatic rings. The van der Waals surface area contributed by atoms with Gasteiger partial charge in [-0.05, 0) is 31.2 Å². The SMILES string of the molecule is CC(Nc1ccccc1N(C)C)c1ccco1. The molecule has 1 heterocycles. The lowest BCUT2D eigenvalue weighted by atomic mass is 10.2. The van der Waals surface area contributed by atoms with E-state index < -0.39 is 0 Å². The van der Waals surface area contributed by atoms with Crippen LogP contribution < -0.4 is 10.2 Å². The number of hydrogen-bond acceptors (Lipinski definition) is 3. The number of benzene rings is 1. The minimum Gasteiger partial charge on any atom is -0.467 e. The van der Waals surface area contributed by atoms with Crippen molar-refractivity contribution in [2.24, 2.45) is 0 Å². The zero-order chi connectivity index (χ0) is 12.3. The molecule has 2 aromatic rings. The van der Waals surface area contributed by atoms with Gasteiger partial charge in [0.25, 0.3) is 0 Å². The van der Waals surface area contributed by atoms with Gasteiger partial charge in [-0.2, -0.15) is 0 Å². The van der Waals surface area contributed by atoms with E-state index in [1.54, 1.807) is 6.26 Å². The molecule has 0 saturated heterocycles. The van der Waals surface area contributed by atoms with Crippen molar-refractivity contribution in [2.75, 3.05) is 24.3 Å². The fourth-order valence-corrected chi connectivity index (χ4v) is 1.83. The van der Waals surface area contributed by atoms with Crippen LogP contribution in [-0.4, -0.2) is 14.1 Å². The van der Waals surface area contributed by atoms with Crippen LogP contribution in [0.3, 0.4) is 0 Å². The van der Waals surface area contributed by atoms with Crippen LogP contribution in [0.1, 0.15) is 18.7 Å². The van der Waals surface area contributed by atoms with Crippen LogP contribution in [0.2, 0.25) is 0 Å². The Hall–Kier alpha value is -1.90. The Kier molecular flexibility index (Phi) is 3.38. The van der Waals surface area contributed by atoms with E-state index in [1.807, 2.05) is 38.4 Å². The maximum atomic E-state index is 5.39. The van der Waals surface area contributed by atoms with Gasteiger partial charge in [-0.3, -0.25) is 0 Å². The van der Waals surface area contributed by atoms with Gasteiger partial charge >= 0.3 is 0 Å². The molecule has 17 heavy (non-hydrogen) atoms. The number of anilines is 2. The normalized spacial score (nSPS) is 12.2. The number of para-hydroxylation sites is 2. The second-order valence-corrected chi connectivity index (χ2v) is 4.29. The standard InChI is InChI=1S/C14H18N2O/c1-11(14-9-6-10-17-14)15-12-7-4-5-8-13(12)16(2)3/h4-11,15H,1-3H3. The molecule has 0 radical (unpaired) electrons. The largest absolute Gasteiger partial charge is 0.467 e. The molecular formula is C14H18N2O. The maximum absolute atomic E-state index is 5.39. The van der Waals surface area contributed by atoms with Crippen molar-refractivity contribution in [3.8, 4) is 0 Å². The average molecular weight is 230 g/mol. The first-order chi connectivity index (χ1) is 8.18. The highest BCUT2D eigenvalue weighted by Crippen LogP contribution is 2.27. The molecule has 1 aromatic heterocycles. The third-order valence-corrected chi connectivity index (χ3v) is 2.73. The second kappa shape index (κ2) is 4.95. The topological polar surface area (TPSA) is 28.4 Å². The van der Waals surface area contributed by atoms with Crippen LogP contribution in [0.4, 0.5) is 11.4 Å². The summed E-state index contributed by atoms with van der Waals surface area (Å²) in [7, 11) is 4.08. The molecule has 3 heteroatoms. The summed E-state index contributed by atoms with van der Waals surface area (Å²) >= 11 is 0. The second-order valence-electron chi connectivity index (χ2n) is 4.29. The van der Waals surface area contributed by atoms with Gasteiger partial charge in [-0.25, -0.2) is 0 Å². The summed E-state index contributed by atoms with van der Waals surface area (Å²) in [5.74, 6) is 0.943. The summed E-state index contributed by atoms with van der Waals surface area (Å²) in [5.41, 5.74) is 2.28. The molecule has 0 spiro atoms. The maximum Gasteiger partial charge on any atom is 0.125 e. The Morgan fingerprint density at radius 1 is 1.12 bits per heavy atom. The van der Waals surface area contributed by atoms with Crippen molar-refractivity contribution in [1.82, 2.24) is 0 Å². The predicted octanol–water partition coefficient (Wildman–Crippen LogP) is 3.52. The molecule has 0 amide bonds. The lowest BCUT2D eigenvalue weighted by Gasteiger charge is -2.20. The average Bonchev–Trinajstić information content (AvgIpc) is 2.83. The van der Waals surface area contributed by atoms with Crippen LogP contribution in [-0.2, 0) is 0 Å². The van der Waals surface area contributed by atoms with E-state index in [4.69, 9.17) is 4.42 Å². The number of hydrogen-bond donors (Lipinski definition) is 1. The van der Waals surface area contributed by atoms with Gasteiger partial charge in [0.1, 0.15) is 5.76 Å². The zero-order valence-corrected chi connectivity index (χ0v) is 10.5. The zero-order valence-electron chi connectivity index (χ0n) is 10.5. The first kappa shape index (κ1) is 11.6. The first-order valence-electron chi connectivity index (χ1n) is 5.75. The van der Waals surface area contributed by atoms with Crippen LogP contribution >= 0.6 is 0 Å². The van der Waals surface area contributed by atoms with E-state index in [2.05, 4.69) is 29.3 Å². The van der Waals surface area contributed by atoms with Crippen LogP contribution in [0.25, 0.3) is 0 Å². The van der Waals surface area contributed by atoms with E-state index in [-0.39, 0.29) is 6.04 Å². The molecule has 1 atom stereocenters. The molecule has 0 saturated carbocycles. The molecule has 0 aliphatic carbocycles. The molecule has 1 N–H and O–H groups in total. The van der Waals surface area contributed by atoms with Crippen molar-refractivity contribution < 1.29 is 4.42 Å². The van der Waals surface area contributed by atoms with Crippen LogP contribution in [0.15, 0.2) is 47.1 Å². The van der Waals surface area contributed by atoms with Crippen molar-refractivity contribution >= 4 is 11.4 Å². The summed E-state index contributed by atoms with van der Waals surface area (Å²) in [5, 5.41) is 3.46. The van der Waals surface area contributed by atoms with E-state index in [9.17, 15) is 0 Å². The third kappa shape index (κ3) is 2.61. The summed E-state index contributed by atoms with van der Waals surface area (Å²) < 4.78 is 5.39. The lowest BCUT2D eigenvalue weighted by Crippen LogP contribution is -2.13. The summed E-state index contributed by atoms with van der Waals surface area (Å²) in [6.07, 6.45) is 1.70. The Balaban J connectivity index is 2.18. The highest BCUT2D eigenvalue weighted by atomic mass is 16.3. The Morgan fingerprint density at radius 3 is 2.53 bits per heavy atom. The van der Waals surface area contributed by atoms with Crippen molar-refractivity contribution in [3.05, 3.63) is 48.4 Å². The van der Waals surface area contributed by atoms with Crippen molar-refractivity contribution in [3.63, 3.8) is 0 Å². The summed E-state index contributed by atoms with van der Waals surface area (Å²) in [6.45, 7) is 2.09. The van der Waals surface area contributed by atoms with Gasteiger partial charge in [-0.15, -0.1) is 0 Å². The van der Waals surface area contributed by atoms with Gasteiger partial charge in [0.05, 0.1) is 23.7 Å². The van der Waals surface area contributed by atoms with Gasteiger partial charge in [0.2, 0.25) is 0 Å². The molecular weight excluding hydrogens is 212 g/mol. The smallest absolute Gasteiger partial charge is 0.125 e. The summed E-state index contributed by atoms with van der Waals surface area (Å²) in [4.78, 5) is 2.09. The molecule has 2 rings (SSSR count). The highest BCUT2D eigenvalue weighted by molar-refractivity contribution is 5.69. The number of nitrogens with one attached hydrogen (secondary N) is 1. The Labute approximate surface area is 102 Å². The van der Waals surface area contributed by atoms with E-state index >= 15 is 0 Å². The fraction of sp³-hybridized carbons (Fsp3) is 0.286. The highest BCUT2D eigenvalue weighted by Gasteiger charge is 2.10. The van der Waals surface area contributed by atoms with Gasteiger partial charge in [0, 0.05) is 14.1 Å².